The van der Waals surface area contributed by atoms with E-state index in [1.54, 1.807) is 18.5 Å². The Kier molecular flexibility index (Phi) is 3.97. The molecule has 18 heavy (non-hydrogen) atoms. The summed E-state index contributed by atoms with van der Waals surface area (Å²) < 4.78 is 0. The first-order chi connectivity index (χ1) is 8.67. The topological polar surface area (TPSA) is 68.0 Å². The predicted molar refractivity (Wildman–Crippen MR) is 72.5 cm³/mol. The third-order valence-corrected chi connectivity index (χ3v) is 4.00. The van der Waals surface area contributed by atoms with Crippen LogP contribution in [0.5, 0.6) is 0 Å². The molecule has 1 heterocycles. The summed E-state index contributed by atoms with van der Waals surface area (Å²) in [6.07, 6.45) is 9.48. The van der Waals surface area contributed by atoms with Gasteiger partial charge in [0.1, 0.15) is 0 Å². The summed E-state index contributed by atoms with van der Waals surface area (Å²) in [7, 11) is 1.95. The highest BCUT2D eigenvalue weighted by atomic mass is 16.1. The van der Waals surface area contributed by atoms with Crippen molar-refractivity contribution in [2.24, 2.45) is 0 Å². The van der Waals surface area contributed by atoms with Gasteiger partial charge in [0.15, 0.2) is 5.78 Å². The van der Waals surface area contributed by atoms with E-state index >= 15 is 0 Å². The second kappa shape index (κ2) is 5.48. The summed E-state index contributed by atoms with van der Waals surface area (Å²) in [5, 5.41) is 3.36. The van der Waals surface area contributed by atoms with Crippen LogP contribution in [0.25, 0.3) is 0 Å². The maximum absolute atomic E-state index is 12.3. The van der Waals surface area contributed by atoms with Crippen LogP contribution in [-0.2, 0) is 0 Å². The predicted octanol–water partition coefficient (Wildman–Crippen LogP) is 2.16. The average molecular weight is 247 g/mol. The van der Waals surface area contributed by atoms with E-state index in [1.165, 1.54) is 19.3 Å². The molecular weight excluding hydrogens is 226 g/mol. The molecule has 0 atom stereocenters. The van der Waals surface area contributed by atoms with Crippen molar-refractivity contribution < 1.29 is 4.79 Å². The Balaban J connectivity index is 2.13. The highest BCUT2D eigenvalue weighted by molar-refractivity contribution is 6.01. The fraction of sp³-hybridized carbons (Fsp3) is 0.571. The summed E-state index contributed by atoms with van der Waals surface area (Å²) in [6.45, 7) is 0. The van der Waals surface area contributed by atoms with Crippen molar-refractivity contribution in [3.8, 4) is 0 Å². The molecule has 0 aromatic carbocycles. The third kappa shape index (κ3) is 2.70. The maximum atomic E-state index is 12.3. The molecule has 98 valence electrons. The molecule has 1 aromatic heterocycles. The molecule has 1 fully saturated rings. The van der Waals surface area contributed by atoms with Gasteiger partial charge < -0.3 is 11.1 Å². The number of nitrogen functional groups attached to an aromatic ring is 1. The third-order valence-electron chi connectivity index (χ3n) is 4.00. The zero-order chi connectivity index (χ0) is 13.0. The van der Waals surface area contributed by atoms with Gasteiger partial charge in [0.25, 0.3) is 0 Å². The molecule has 0 spiro atoms. The van der Waals surface area contributed by atoms with Crippen LogP contribution in [0.4, 0.5) is 5.69 Å². The number of hydrogen-bond donors (Lipinski definition) is 2. The lowest BCUT2D eigenvalue weighted by molar-refractivity contribution is 0.0915. The number of ketones is 1. The lowest BCUT2D eigenvalue weighted by Crippen LogP contribution is -2.46. The van der Waals surface area contributed by atoms with Gasteiger partial charge in [-0.15, -0.1) is 0 Å². The van der Waals surface area contributed by atoms with Crippen molar-refractivity contribution >= 4 is 11.5 Å². The smallest absolute Gasteiger partial charge is 0.168 e. The lowest BCUT2D eigenvalue weighted by atomic mass is 9.77. The van der Waals surface area contributed by atoms with Gasteiger partial charge in [-0.2, -0.15) is 0 Å². The highest BCUT2D eigenvalue weighted by Crippen LogP contribution is 2.32. The van der Waals surface area contributed by atoms with Crippen molar-refractivity contribution in [2.45, 2.75) is 44.1 Å². The highest BCUT2D eigenvalue weighted by Gasteiger charge is 2.33. The number of nitrogens with one attached hydrogen (secondary N) is 1. The van der Waals surface area contributed by atoms with Gasteiger partial charge in [0.05, 0.1) is 5.56 Å². The quantitative estimate of drug-likeness (QED) is 0.800. The molecule has 1 aromatic rings. The van der Waals surface area contributed by atoms with Crippen LogP contribution in [0.2, 0.25) is 0 Å². The van der Waals surface area contributed by atoms with Gasteiger partial charge >= 0.3 is 0 Å². The molecule has 2 rings (SSSR count). The number of carbonyl (C=O) groups excluding carboxylic acids is 1. The molecule has 4 nitrogen and oxygen atoms in total. The van der Waals surface area contributed by atoms with Crippen LogP contribution in [0, 0.1) is 0 Å². The van der Waals surface area contributed by atoms with E-state index in [0.717, 1.165) is 12.8 Å². The SMILES string of the molecule is CNC1(CC(=O)c2cnccc2N)CCCCC1. The number of hydrogen-bond acceptors (Lipinski definition) is 4. The zero-order valence-corrected chi connectivity index (χ0v) is 10.9. The van der Waals surface area contributed by atoms with E-state index in [4.69, 9.17) is 5.73 Å². The normalized spacial score (nSPS) is 18.5. The molecule has 0 unspecified atom stereocenters. The zero-order valence-electron chi connectivity index (χ0n) is 10.9. The summed E-state index contributed by atoms with van der Waals surface area (Å²) in [5.74, 6) is 0.0943. The van der Waals surface area contributed by atoms with Crippen LogP contribution in [0.1, 0.15) is 48.9 Å². The minimum Gasteiger partial charge on any atom is -0.398 e. The van der Waals surface area contributed by atoms with E-state index in [2.05, 4.69) is 10.3 Å². The molecule has 0 saturated heterocycles. The van der Waals surface area contributed by atoms with Gasteiger partial charge in [-0.05, 0) is 26.0 Å². The summed E-state index contributed by atoms with van der Waals surface area (Å²) in [6, 6.07) is 1.68. The molecule has 0 bridgehead atoms. The van der Waals surface area contributed by atoms with Crippen molar-refractivity contribution in [3.05, 3.63) is 24.0 Å². The van der Waals surface area contributed by atoms with Crippen LogP contribution in [0.15, 0.2) is 18.5 Å². The summed E-state index contributed by atoms with van der Waals surface area (Å²) in [5.41, 5.74) is 6.86. The van der Waals surface area contributed by atoms with E-state index in [1.807, 2.05) is 7.05 Å². The Hall–Kier alpha value is -1.42. The molecule has 1 aliphatic rings. The van der Waals surface area contributed by atoms with Gasteiger partial charge in [-0.25, -0.2) is 0 Å². The lowest BCUT2D eigenvalue weighted by Gasteiger charge is -2.36. The second-order valence-corrected chi connectivity index (χ2v) is 5.15. The second-order valence-electron chi connectivity index (χ2n) is 5.15. The standard InChI is InChI=1S/C14H21N3O/c1-16-14(6-3-2-4-7-14)9-13(18)11-10-17-8-5-12(11)15/h5,8,10,16H,2-4,6-7,9H2,1H3,(H2,15,17). The Morgan fingerprint density at radius 1 is 1.44 bits per heavy atom. The number of nitrogens with zero attached hydrogens (tertiary/aromatic N) is 1. The molecule has 1 saturated carbocycles. The Morgan fingerprint density at radius 3 is 2.78 bits per heavy atom. The number of carbonyl (C=O) groups is 1. The van der Waals surface area contributed by atoms with Crippen LogP contribution in [0.3, 0.4) is 0 Å². The van der Waals surface area contributed by atoms with E-state index < -0.39 is 0 Å². The van der Waals surface area contributed by atoms with Crippen molar-refractivity contribution in [2.75, 3.05) is 12.8 Å². The van der Waals surface area contributed by atoms with E-state index in [0.29, 0.717) is 17.7 Å². The van der Waals surface area contributed by atoms with Crippen molar-refractivity contribution in [1.82, 2.24) is 10.3 Å². The van der Waals surface area contributed by atoms with Crippen LogP contribution >= 0.6 is 0 Å². The van der Waals surface area contributed by atoms with Crippen molar-refractivity contribution in [1.29, 1.82) is 0 Å². The number of anilines is 1. The van der Waals surface area contributed by atoms with Crippen LogP contribution in [-0.4, -0.2) is 23.4 Å². The molecule has 4 heteroatoms. The van der Waals surface area contributed by atoms with Crippen molar-refractivity contribution in [3.63, 3.8) is 0 Å². The van der Waals surface area contributed by atoms with Gasteiger partial charge in [-0.1, -0.05) is 19.3 Å². The summed E-state index contributed by atoms with van der Waals surface area (Å²) in [4.78, 5) is 16.3. The first-order valence-corrected chi connectivity index (χ1v) is 6.58. The fourth-order valence-corrected chi connectivity index (χ4v) is 2.78. The van der Waals surface area contributed by atoms with Crippen LogP contribution < -0.4 is 11.1 Å². The summed E-state index contributed by atoms with van der Waals surface area (Å²) >= 11 is 0. The number of rotatable bonds is 4. The average Bonchev–Trinajstić information content (AvgIpc) is 2.40. The molecule has 0 radical (unpaired) electrons. The van der Waals surface area contributed by atoms with Gasteiger partial charge in [-0.3, -0.25) is 9.78 Å². The number of pyridine rings is 1. The molecule has 0 aliphatic heterocycles. The first kappa shape index (κ1) is 13.0. The van der Waals surface area contributed by atoms with E-state index in [9.17, 15) is 4.79 Å². The minimum atomic E-state index is -0.0440. The van der Waals surface area contributed by atoms with Gasteiger partial charge in [0.2, 0.25) is 0 Å². The Labute approximate surface area is 108 Å². The molecule has 1 aliphatic carbocycles. The fourth-order valence-electron chi connectivity index (χ4n) is 2.78. The number of aromatic nitrogens is 1. The largest absolute Gasteiger partial charge is 0.398 e. The van der Waals surface area contributed by atoms with Gasteiger partial charge in [0, 0.05) is 30.0 Å². The minimum absolute atomic E-state index is 0.0440. The molecular formula is C14H21N3O. The molecule has 0 amide bonds. The monoisotopic (exact) mass is 247 g/mol. The Morgan fingerprint density at radius 2 is 2.17 bits per heavy atom. The first-order valence-electron chi connectivity index (χ1n) is 6.58. The molecule has 3 N–H and O–H groups in total. The number of Topliss-reactive ketones (excluding diaryl/α,β-unsaturated/α-hetero) is 1. The Bertz CT molecular complexity index is 425. The number of nitrogens with two attached hydrogens (primary N) is 1. The van der Waals surface area contributed by atoms with E-state index in [-0.39, 0.29) is 11.3 Å². The maximum Gasteiger partial charge on any atom is 0.168 e.